The Kier molecular flexibility index (Phi) is 7.84. The van der Waals surface area contributed by atoms with Crippen molar-refractivity contribution in [1.82, 2.24) is 0 Å². The highest BCUT2D eigenvalue weighted by Gasteiger charge is 2.27. The summed E-state index contributed by atoms with van der Waals surface area (Å²) in [5, 5.41) is 8.54. The molecule has 1 aromatic carbocycles. The monoisotopic (exact) mass is 318 g/mol. The summed E-state index contributed by atoms with van der Waals surface area (Å²) in [6, 6.07) is 6.59. The lowest BCUT2D eigenvalue weighted by Gasteiger charge is -2.16. The maximum Gasteiger partial charge on any atom is 0.207 e. The molecule has 0 amide bonds. The van der Waals surface area contributed by atoms with Crippen molar-refractivity contribution in [1.29, 1.82) is 0 Å². The third kappa shape index (κ3) is 5.72. The number of methoxy groups -OCH3 is 1. The van der Waals surface area contributed by atoms with Gasteiger partial charge >= 0.3 is 0 Å². The van der Waals surface area contributed by atoms with Crippen LogP contribution >= 0.6 is 0 Å². The number of aryl methyl sites for hydroxylation is 1. The van der Waals surface area contributed by atoms with Gasteiger partial charge in [0.15, 0.2) is 5.44 Å². The fourth-order valence-corrected chi connectivity index (χ4v) is 2.98. The summed E-state index contributed by atoms with van der Waals surface area (Å²) in [5.41, 5.74) is -0.0711. The normalized spacial score (nSPS) is 13.3. The van der Waals surface area contributed by atoms with Gasteiger partial charge in [-0.25, -0.2) is 8.42 Å². The van der Waals surface area contributed by atoms with Gasteiger partial charge in [0.2, 0.25) is 9.84 Å². The zero-order valence-corrected chi connectivity index (χ0v) is 13.1. The van der Waals surface area contributed by atoms with Crippen molar-refractivity contribution < 1.29 is 27.7 Å². The zero-order valence-electron chi connectivity index (χ0n) is 12.3. The Morgan fingerprint density at radius 2 is 1.71 bits per heavy atom. The number of hydrogen-bond acceptors (Lipinski definition) is 6. The summed E-state index contributed by atoms with van der Waals surface area (Å²) in [4.78, 5) is 0.208. The van der Waals surface area contributed by atoms with Crippen molar-refractivity contribution in [2.24, 2.45) is 0 Å². The molecule has 6 nitrogen and oxygen atoms in total. The second-order valence-corrected chi connectivity index (χ2v) is 6.52. The van der Waals surface area contributed by atoms with Gasteiger partial charge < -0.3 is 19.3 Å². The number of sulfone groups is 1. The van der Waals surface area contributed by atoms with Crippen molar-refractivity contribution in [2.75, 3.05) is 40.1 Å². The van der Waals surface area contributed by atoms with Crippen LogP contribution in [0.15, 0.2) is 29.2 Å². The number of aliphatic hydroxyl groups is 1. The van der Waals surface area contributed by atoms with E-state index in [0.29, 0.717) is 6.61 Å². The van der Waals surface area contributed by atoms with Crippen molar-refractivity contribution >= 4 is 9.84 Å². The molecule has 21 heavy (non-hydrogen) atoms. The Hall–Kier alpha value is -0.990. The molecule has 0 radical (unpaired) electrons. The van der Waals surface area contributed by atoms with Crippen LogP contribution in [0.5, 0.6) is 0 Å². The van der Waals surface area contributed by atoms with E-state index in [1.54, 1.807) is 24.3 Å². The molecule has 0 saturated carbocycles. The Labute approximate surface area is 125 Å². The SMILES string of the molecule is COC(COCCOCCO)S(=O)(=O)c1ccc(C)cc1. The smallest absolute Gasteiger partial charge is 0.207 e. The van der Waals surface area contributed by atoms with Crippen molar-refractivity contribution in [3.8, 4) is 0 Å². The molecule has 0 fully saturated rings. The van der Waals surface area contributed by atoms with E-state index >= 15 is 0 Å². The Balaban J connectivity index is 2.55. The van der Waals surface area contributed by atoms with Crippen LogP contribution in [0.3, 0.4) is 0 Å². The minimum atomic E-state index is -3.59. The quantitative estimate of drug-likeness (QED) is 0.642. The molecule has 0 spiro atoms. The Bertz CT molecular complexity index is 497. The van der Waals surface area contributed by atoms with Gasteiger partial charge in [0, 0.05) is 7.11 Å². The van der Waals surface area contributed by atoms with Crippen LogP contribution in [0.25, 0.3) is 0 Å². The molecule has 1 aromatic rings. The highest BCUT2D eigenvalue weighted by molar-refractivity contribution is 7.92. The summed E-state index contributed by atoms with van der Waals surface area (Å²) < 4.78 is 40.0. The molecule has 0 aliphatic carbocycles. The molecule has 0 aliphatic rings. The average Bonchev–Trinajstić information content (AvgIpc) is 2.46. The molecule has 1 atom stereocenters. The highest BCUT2D eigenvalue weighted by Crippen LogP contribution is 2.17. The van der Waals surface area contributed by atoms with E-state index in [4.69, 9.17) is 19.3 Å². The molecule has 0 bridgehead atoms. The van der Waals surface area contributed by atoms with Gasteiger partial charge in [-0.2, -0.15) is 0 Å². The minimum Gasteiger partial charge on any atom is -0.394 e. The van der Waals surface area contributed by atoms with E-state index in [2.05, 4.69) is 0 Å². The lowest BCUT2D eigenvalue weighted by Crippen LogP contribution is -2.29. The van der Waals surface area contributed by atoms with Gasteiger partial charge in [-0.15, -0.1) is 0 Å². The number of rotatable bonds is 10. The topological polar surface area (TPSA) is 82.1 Å². The van der Waals surface area contributed by atoms with E-state index in [-0.39, 0.29) is 31.3 Å². The van der Waals surface area contributed by atoms with Gasteiger partial charge in [0.25, 0.3) is 0 Å². The third-order valence-electron chi connectivity index (χ3n) is 2.82. The number of hydrogen-bond donors (Lipinski definition) is 1. The predicted octanol–water partition coefficient (Wildman–Crippen LogP) is 0.767. The second-order valence-electron chi connectivity index (χ2n) is 4.43. The lowest BCUT2D eigenvalue weighted by molar-refractivity contribution is 0.00601. The largest absolute Gasteiger partial charge is 0.394 e. The summed E-state index contributed by atoms with van der Waals surface area (Å²) in [7, 11) is -2.26. The first-order chi connectivity index (χ1) is 10.0. The fraction of sp³-hybridized carbons (Fsp3) is 0.571. The van der Waals surface area contributed by atoms with Crippen LogP contribution < -0.4 is 0 Å². The summed E-state index contributed by atoms with van der Waals surface area (Å²) in [6.07, 6.45) is 0. The van der Waals surface area contributed by atoms with Crippen LogP contribution in [0.2, 0.25) is 0 Å². The number of ether oxygens (including phenoxy) is 3. The van der Waals surface area contributed by atoms with Crippen LogP contribution in [-0.4, -0.2) is 59.1 Å². The molecule has 1 unspecified atom stereocenters. The standard InChI is InChI=1S/C14H22O6S/c1-12-3-5-13(6-4-12)21(16,17)14(18-2)11-20-10-9-19-8-7-15/h3-6,14-15H,7-11H2,1-2H3. The first-order valence-corrected chi connectivity index (χ1v) is 8.16. The molecule has 1 rings (SSSR count). The first kappa shape index (κ1) is 18.1. The molecule has 0 saturated heterocycles. The van der Waals surface area contributed by atoms with E-state index < -0.39 is 15.3 Å². The van der Waals surface area contributed by atoms with Crippen LogP contribution in [0.4, 0.5) is 0 Å². The minimum absolute atomic E-state index is 0.0531. The van der Waals surface area contributed by atoms with E-state index in [1.807, 2.05) is 6.92 Å². The maximum absolute atomic E-state index is 12.4. The van der Waals surface area contributed by atoms with Gasteiger partial charge in [-0.1, -0.05) is 17.7 Å². The number of benzene rings is 1. The van der Waals surface area contributed by atoms with Gasteiger partial charge in [-0.05, 0) is 19.1 Å². The fourth-order valence-electron chi connectivity index (χ4n) is 1.63. The molecule has 0 heterocycles. The highest BCUT2D eigenvalue weighted by atomic mass is 32.2. The average molecular weight is 318 g/mol. The molecular formula is C14H22O6S. The lowest BCUT2D eigenvalue weighted by atomic mass is 10.2. The summed E-state index contributed by atoms with van der Waals surface area (Å²) in [5.74, 6) is 0. The molecular weight excluding hydrogens is 296 g/mol. The Morgan fingerprint density at radius 1 is 1.10 bits per heavy atom. The van der Waals surface area contributed by atoms with Gasteiger partial charge in [-0.3, -0.25) is 0 Å². The first-order valence-electron chi connectivity index (χ1n) is 6.62. The summed E-state index contributed by atoms with van der Waals surface area (Å²) >= 11 is 0. The van der Waals surface area contributed by atoms with E-state index in [0.717, 1.165) is 5.56 Å². The predicted molar refractivity (Wildman–Crippen MR) is 77.9 cm³/mol. The van der Waals surface area contributed by atoms with Gasteiger partial charge in [0.05, 0.1) is 37.9 Å². The molecule has 0 aliphatic heterocycles. The Morgan fingerprint density at radius 3 is 2.29 bits per heavy atom. The van der Waals surface area contributed by atoms with Crippen LogP contribution in [-0.2, 0) is 24.0 Å². The summed E-state index contributed by atoms with van der Waals surface area (Å²) in [6.45, 7) is 2.53. The van der Waals surface area contributed by atoms with E-state index in [1.165, 1.54) is 7.11 Å². The number of aliphatic hydroxyl groups excluding tert-OH is 1. The van der Waals surface area contributed by atoms with Crippen molar-refractivity contribution in [3.63, 3.8) is 0 Å². The van der Waals surface area contributed by atoms with E-state index in [9.17, 15) is 8.42 Å². The van der Waals surface area contributed by atoms with Crippen molar-refractivity contribution in [2.45, 2.75) is 17.3 Å². The second kappa shape index (κ2) is 9.11. The molecule has 0 aromatic heterocycles. The third-order valence-corrected chi connectivity index (χ3v) is 4.77. The maximum atomic E-state index is 12.4. The molecule has 7 heteroatoms. The van der Waals surface area contributed by atoms with Crippen LogP contribution in [0, 0.1) is 6.92 Å². The van der Waals surface area contributed by atoms with Crippen LogP contribution in [0.1, 0.15) is 5.56 Å². The van der Waals surface area contributed by atoms with Crippen molar-refractivity contribution in [3.05, 3.63) is 29.8 Å². The molecule has 1 N–H and O–H groups in total. The molecule has 120 valence electrons. The zero-order chi connectivity index (χ0) is 15.7. The van der Waals surface area contributed by atoms with Gasteiger partial charge in [0.1, 0.15) is 0 Å².